The molecule has 1 aliphatic carbocycles. The minimum atomic E-state index is -0.341. The van der Waals surface area contributed by atoms with Gasteiger partial charge in [-0.25, -0.2) is 9.97 Å². The first-order valence-corrected chi connectivity index (χ1v) is 6.72. The van der Waals surface area contributed by atoms with E-state index in [-0.39, 0.29) is 5.60 Å². The number of hydrogen-bond acceptors (Lipinski definition) is 4. The highest BCUT2D eigenvalue weighted by molar-refractivity contribution is 5.73. The van der Waals surface area contributed by atoms with Gasteiger partial charge in [-0.05, 0) is 19.8 Å². The van der Waals surface area contributed by atoms with E-state index >= 15 is 0 Å². The summed E-state index contributed by atoms with van der Waals surface area (Å²) in [7, 11) is 0. The van der Waals surface area contributed by atoms with Crippen LogP contribution in [0.5, 0.6) is 0 Å². The van der Waals surface area contributed by atoms with Crippen LogP contribution in [0.15, 0.2) is 12.4 Å². The van der Waals surface area contributed by atoms with Gasteiger partial charge in [0.2, 0.25) is 0 Å². The van der Waals surface area contributed by atoms with Gasteiger partial charge in [0, 0.05) is 19.0 Å². The van der Waals surface area contributed by atoms with Crippen molar-refractivity contribution >= 4 is 6.29 Å². The fourth-order valence-corrected chi connectivity index (χ4v) is 2.64. The van der Waals surface area contributed by atoms with E-state index in [1.165, 1.54) is 12.8 Å². The predicted octanol–water partition coefficient (Wildman–Crippen LogP) is 2.88. The van der Waals surface area contributed by atoms with E-state index in [9.17, 15) is 4.79 Å². The molecule has 0 saturated heterocycles. The average Bonchev–Trinajstić information content (AvgIpc) is 2.66. The van der Waals surface area contributed by atoms with Crippen LogP contribution in [0.1, 0.15) is 61.6 Å². The van der Waals surface area contributed by atoms with E-state index in [2.05, 4.69) is 9.97 Å². The number of nitrogens with zero attached hydrogens (tertiary/aromatic N) is 2. The van der Waals surface area contributed by atoms with E-state index in [4.69, 9.17) is 4.74 Å². The van der Waals surface area contributed by atoms with Crippen molar-refractivity contribution < 1.29 is 9.53 Å². The number of aromatic nitrogens is 2. The molecule has 0 N–H and O–H groups in total. The van der Waals surface area contributed by atoms with Crippen molar-refractivity contribution in [3.05, 3.63) is 23.8 Å². The standard InChI is InChI=1S/C14H20N2O2/c1-2-18-14(7-5-3-4-6-8-14)13-15-9-12(11-17)10-16-13/h9-11H,2-8H2,1H3. The third-order valence-corrected chi connectivity index (χ3v) is 3.55. The summed E-state index contributed by atoms with van der Waals surface area (Å²) in [6, 6.07) is 0. The molecule has 0 amide bonds. The van der Waals surface area contributed by atoms with Crippen LogP contribution in [-0.2, 0) is 10.3 Å². The van der Waals surface area contributed by atoms with Gasteiger partial charge in [-0.15, -0.1) is 0 Å². The lowest BCUT2D eigenvalue weighted by atomic mass is 9.93. The zero-order valence-electron chi connectivity index (χ0n) is 10.9. The van der Waals surface area contributed by atoms with Gasteiger partial charge in [0.25, 0.3) is 0 Å². The normalized spacial score (nSPS) is 19.2. The Bertz CT molecular complexity index is 381. The summed E-state index contributed by atoms with van der Waals surface area (Å²) in [5.41, 5.74) is 0.172. The molecule has 0 aliphatic heterocycles. The first-order valence-electron chi connectivity index (χ1n) is 6.72. The zero-order valence-corrected chi connectivity index (χ0v) is 10.9. The Morgan fingerprint density at radius 3 is 2.33 bits per heavy atom. The fourth-order valence-electron chi connectivity index (χ4n) is 2.64. The Hall–Kier alpha value is -1.29. The molecule has 0 atom stereocenters. The molecule has 18 heavy (non-hydrogen) atoms. The van der Waals surface area contributed by atoms with Crippen LogP contribution in [-0.4, -0.2) is 22.9 Å². The minimum absolute atomic E-state index is 0.341. The van der Waals surface area contributed by atoms with Crippen LogP contribution in [0.25, 0.3) is 0 Å². The molecule has 1 heterocycles. The smallest absolute Gasteiger partial charge is 0.160 e. The number of carbonyl (C=O) groups excluding carboxylic acids is 1. The molecule has 1 aromatic heterocycles. The Balaban J connectivity index is 2.28. The van der Waals surface area contributed by atoms with Crippen molar-refractivity contribution in [1.82, 2.24) is 9.97 Å². The van der Waals surface area contributed by atoms with E-state index in [0.717, 1.165) is 37.8 Å². The molecular formula is C14H20N2O2. The Morgan fingerprint density at radius 1 is 1.22 bits per heavy atom. The summed E-state index contributed by atoms with van der Waals surface area (Å²) in [6.07, 6.45) is 10.7. The monoisotopic (exact) mass is 248 g/mol. The second kappa shape index (κ2) is 6.05. The van der Waals surface area contributed by atoms with Gasteiger partial charge < -0.3 is 4.74 Å². The maximum atomic E-state index is 10.6. The van der Waals surface area contributed by atoms with E-state index in [1.807, 2.05) is 6.92 Å². The molecular weight excluding hydrogens is 228 g/mol. The summed E-state index contributed by atoms with van der Waals surface area (Å²) in [4.78, 5) is 19.3. The Kier molecular flexibility index (Phi) is 4.42. The quantitative estimate of drug-likeness (QED) is 0.607. The molecule has 1 aliphatic rings. The maximum Gasteiger partial charge on any atom is 0.160 e. The van der Waals surface area contributed by atoms with Crippen molar-refractivity contribution in [3.63, 3.8) is 0 Å². The first-order chi connectivity index (χ1) is 8.80. The molecule has 98 valence electrons. The maximum absolute atomic E-state index is 10.6. The molecule has 0 unspecified atom stereocenters. The van der Waals surface area contributed by atoms with Crippen molar-refractivity contribution in [2.24, 2.45) is 0 Å². The van der Waals surface area contributed by atoms with Gasteiger partial charge in [-0.1, -0.05) is 25.7 Å². The highest BCUT2D eigenvalue weighted by Gasteiger charge is 2.36. The van der Waals surface area contributed by atoms with Gasteiger partial charge in [-0.2, -0.15) is 0 Å². The van der Waals surface area contributed by atoms with Crippen molar-refractivity contribution in [2.75, 3.05) is 6.61 Å². The lowest BCUT2D eigenvalue weighted by molar-refractivity contribution is -0.0624. The molecule has 1 saturated carbocycles. The molecule has 1 fully saturated rings. The average molecular weight is 248 g/mol. The van der Waals surface area contributed by atoms with E-state index < -0.39 is 0 Å². The van der Waals surface area contributed by atoms with Crippen LogP contribution in [0.3, 0.4) is 0 Å². The van der Waals surface area contributed by atoms with Crippen LogP contribution < -0.4 is 0 Å². The molecule has 0 radical (unpaired) electrons. The Labute approximate surface area is 108 Å². The lowest BCUT2D eigenvalue weighted by Crippen LogP contribution is -2.31. The second-order valence-electron chi connectivity index (χ2n) is 4.80. The van der Waals surface area contributed by atoms with Gasteiger partial charge >= 0.3 is 0 Å². The first kappa shape index (κ1) is 13.1. The van der Waals surface area contributed by atoms with Crippen LogP contribution in [0, 0.1) is 0 Å². The second-order valence-corrected chi connectivity index (χ2v) is 4.80. The van der Waals surface area contributed by atoms with E-state index in [1.54, 1.807) is 12.4 Å². The topological polar surface area (TPSA) is 52.1 Å². The van der Waals surface area contributed by atoms with Gasteiger partial charge in [0.05, 0.1) is 5.56 Å². The van der Waals surface area contributed by atoms with Crippen molar-refractivity contribution in [2.45, 2.75) is 51.0 Å². The highest BCUT2D eigenvalue weighted by Crippen LogP contribution is 2.37. The lowest BCUT2D eigenvalue weighted by Gasteiger charge is -2.30. The predicted molar refractivity (Wildman–Crippen MR) is 68.4 cm³/mol. The van der Waals surface area contributed by atoms with Crippen molar-refractivity contribution in [3.8, 4) is 0 Å². The molecule has 0 bridgehead atoms. The molecule has 4 nitrogen and oxygen atoms in total. The fraction of sp³-hybridized carbons (Fsp3) is 0.643. The number of aldehydes is 1. The minimum Gasteiger partial charge on any atom is -0.367 e. The Morgan fingerprint density at radius 2 is 1.83 bits per heavy atom. The van der Waals surface area contributed by atoms with Crippen molar-refractivity contribution in [1.29, 1.82) is 0 Å². The van der Waals surface area contributed by atoms with Crippen LogP contribution in [0.4, 0.5) is 0 Å². The summed E-state index contributed by atoms with van der Waals surface area (Å²) < 4.78 is 6.00. The highest BCUT2D eigenvalue weighted by atomic mass is 16.5. The molecule has 1 aromatic rings. The summed E-state index contributed by atoms with van der Waals surface area (Å²) in [6.45, 7) is 2.67. The number of hydrogen-bond donors (Lipinski definition) is 0. The zero-order chi connectivity index (χ0) is 12.8. The van der Waals surface area contributed by atoms with Crippen LogP contribution >= 0.6 is 0 Å². The molecule has 0 aromatic carbocycles. The number of rotatable bonds is 4. The third-order valence-electron chi connectivity index (χ3n) is 3.55. The van der Waals surface area contributed by atoms with Gasteiger partial charge in [0.15, 0.2) is 12.1 Å². The summed E-state index contributed by atoms with van der Waals surface area (Å²) >= 11 is 0. The molecule has 0 spiro atoms. The van der Waals surface area contributed by atoms with E-state index in [0.29, 0.717) is 12.2 Å². The van der Waals surface area contributed by atoms with Crippen LogP contribution in [0.2, 0.25) is 0 Å². The third kappa shape index (κ3) is 2.75. The number of carbonyl (C=O) groups is 1. The molecule has 2 rings (SSSR count). The summed E-state index contributed by atoms with van der Waals surface area (Å²) in [5.74, 6) is 0.733. The largest absolute Gasteiger partial charge is 0.367 e. The SMILES string of the molecule is CCOC1(c2ncc(C=O)cn2)CCCCCC1. The summed E-state index contributed by atoms with van der Waals surface area (Å²) in [5, 5.41) is 0. The van der Waals surface area contributed by atoms with Gasteiger partial charge in [0.1, 0.15) is 5.60 Å². The molecule has 4 heteroatoms. The number of ether oxygens (including phenoxy) is 1. The van der Waals surface area contributed by atoms with Gasteiger partial charge in [-0.3, -0.25) is 4.79 Å².